The van der Waals surface area contributed by atoms with E-state index >= 15 is 0 Å². The van der Waals surface area contributed by atoms with Crippen molar-refractivity contribution in [1.82, 2.24) is 14.7 Å². The zero-order chi connectivity index (χ0) is 16.4. The summed E-state index contributed by atoms with van der Waals surface area (Å²) in [6.07, 6.45) is 6.37. The largest absolute Gasteiger partial charge is 0.374 e. The molecular formula is C18H29N3O2. The van der Waals surface area contributed by atoms with Gasteiger partial charge in [0.05, 0.1) is 24.8 Å². The van der Waals surface area contributed by atoms with Gasteiger partial charge in [0.15, 0.2) is 0 Å². The Hall–Kier alpha value is -1.36. The Kier molecular flexibility index (Phi) is 5.05. The number of amides is 1. The molecule has 1 aromatic heterocycles. The van der Waals surface area contributed by atoms with Crippen molar-refractivity contribution in [2.24, 2.45) is 13.0 Å². The van der Waals surface area contributed by atoms with Crippen molar-refractivity contribution in [2.45, 2.75) is 58.5 Å². The van der Waals surface area contributed by atoms with Gasteiger partial charge in [0.1, 0.15) is 0 Å². The van der Waals surface area contributed by atoms with Crippen LogP contribution in [0.25, 0.3) is 0 Å². The summed E-state index contributed by atoms with van der Waals surface area (Å²) in [5, 5.41) is 4.58. The van der Waals surface area contributed by atoms with Crippen LogP contribution in [0.2, 0.25) is 0 Å². The molecule has 0 spiro atoms. The van der Waals surface area contributed by atoms with Gasteiger partial charge in [0, 0.05) is 31.4 Å². The van der Waals surface area contributed by atoms with Crippen LogP contribution in [-0.4, -0.2) is 46.4 Å². The third-order valence-corrected chi connectivity index (χ3v) is 5.48. The maximum atomic E-state index is 12.8. The molecule has 2 heterocycles. The molecule has 128 valence electrons. The van der Waals surface area contributed by atoms with E-state index in [2.05, 4.69) is 18.9 Å². The van der Waals surface area contributed by atoms with Gasteiger partial charge in [-0.15, -0.1) is 0 Å². The van der Waals surface area contributed by atoms with Crippen molar-refractivity contribution in [3.8, 4) is 0 Å². The summed E-state index contributed by atoms with van der Waals surface area (Å²) < 4.78 is 7.84. The molecule has 5 nitrogen and oxygen atoms in total. The van der Waals surface area contributed by atoms with Gasteiger partial charge >= 0.3 is 0 Å². The second-order valence-electron chi connectivity index (χ2n) is 6.82. The first-order valence-electron chi connectivity index (χ1n) is 9.07. The average molecular weight is 319 g/mol. The van der Waals surface area contributed by atoms with Gasteiger partial charge in [-0.05, 0) is 31.6 Å². The van der Waals surface area contributed by atoms with Gasteiger partial charge in [-0.1, -0.05) is 20.3 Å². The number of carbonyl (C=O) groups excluding carboxylic acids is 1. The first kappa shape index (κ1) is 16.5. The molecule has 1 saturated heterocycles. The van der Waals surface area contributed by atoms with Crippen LogP contribution in [0.3, 0.4) is 0 Å². The minimum Gasteiger partial charge on any atom is -0.374 e. The van der Waals surface area contributed by atoms with E-state index in [1.807, 2.05) is 16.6 Å². The van der Waals surface area contributed by atoms with Gasteiger partial charge < -0.3 is 9.64 Å². The maximum Gasteiger partial charge on any atom is 0.227 e. The fraction of sp³-hybridized carbons (Fsp3) is 0.778. The van der Waals surface area contributed by atoms with Crippen LogP contribution in [0.4, 0.5) is 0 Å². The number of carbonyl (C=O) groups is 1. The van der Waals surface area contributed by atoms with Crippen molar-refractivity contribution < 1.29 is 9.53 Å². The van der Waals surface area contributed by atoms with Crippen LogP contribution in [0.5, 0.6) is 0 Å². The number of hydrogen-bond donors (Lipinski definition) is 0. The summed E-state index contributed by atoms with van der Waals surface area (Å²) >= 11 is 0. The highest BCUT2D eigenvalue weighted by Crippen LogP contribution is 2.32. The van der Waals surface area contributed by atoms with E-state index in [-0.39, 0.29) is 12.0 Å². The molecule has 2 aliphatic rings. The van der Waals surface area contributed by atoms with E-state index in [9.17, 15) is 4.79 Å². The summed E-state index contributed by atoms with van der Waals surface area (Å²) in [6.45, 7) is 6.42. The molecule has 0 aromatic carbocycles. The van der Waals surface area contributed by atoms with Crippen molar-refractivity contribution in [1.29, 1.82) is 0 Å². The molecule has 1 atom stereocenters. The minimum absolute atomic E-state index is 0.232. The van der Waals surface area contributed by atoms with Gasteiger partial charge in [0.25, 0.3) is 0 Å². The van der Waals surface area contributed by atoms with Gasteiger partial charge in [-0.2, -0.15) is 5.10 Å². The Balaban J connectivity index is 1.69. The van der Waals surface area contributed by atoms with Gasteiger partial charge in [-0.3, -0.25) is 9.48 Å². The lowest BCUT2D eigenvalue weighted by Crippen LogP contribution is -2.49. The molecule has 0 radical (unpaired) electrons. The van der Waals surface area contributed by atoms with Crippen LogP contribution < -0.4 is 0 Å². The van der Waals surface area contributed by atoms with E-state index in [4.69, 9.17) is 4.74 Å². The number of aromatic nitrogens is 2. The number of nitrogens with zero attached hydrogens (tertiary/aromatic N) is 3. The molecule has 2 fully saturated rings. The fourth-order valence-electron chi connectivity index (χ4n) is 3.86. The predicted molar refractivity (Wildman–Crippen MR) is 89.3 cm³/mol. The Morgan fingerprint density at radius 2 is 2.09 bits per heavy atom. The molecule has 1 saturated carbocycles. The minimum atomic E-state index is 0.232. The summed E-state index contributed by atoms with van der Waals surface area (Å²) in [5.41, 5.74) is 3.41. The Labute approximate surface area is 139 Å². The lowest BCUT2D eigenvalue weighted by Gasteiger charge is -2.40. The highest BCUT2D eigenvalue weighted by molar-refractivity contribution is 5.79. The smallest absolute Gasteiger partial charge is 0.227 e. The van der Waals surface area contributed by atoms with Crippen molar-refractivity contribution in [2.75, 3.05) is 19.7 Å². The molecule has 0 N–H and O–H groups in total. The lowest BCUT2D eigenvalue weighted by molar-refractivity contribution is -0.142. The van der Waals surface area contributed by atoms with Crippen molar-refractivity contribution in [3.63, 3.8) is 0 Å². The molecule has 23 heavy (non-hydrogen) atoms. The molecule has 1 aliphatic carbocycles. The fourth-order valence-corrected chi connectivity index (χ4v) is 3.86. The quantitative estimate of drug-likeness (QED) is 0.835. The maximum absolute atomic E-state index is 12.8. The van der Waals surface area contributed by atoms with Crippen LogP contribution >= 0.6 is 0 Å². The Morgan fingerprint density at radius 3 is 2.70 bits per heavy atom. The third-order valence-electron chi connectivity index (χ3n) is 5.48. The number of aryl methyl sites for hydroxylation is 2. The zero-order valence-corrected chi connectivity index (χ0v) is 14.7. The Morgan fingerprint density at radius 1 is 1.30 bits per heavy atom. The van der Waals surface area contributed by atoms with E-state index in [0.29, 0.717) is 18.9 Å². The monoisotopic (exact) mass is 319 g/mol. The third kappa shape index (κ3) is 3.30. The summed E-state index contributed by atoms with van der Waals surface area (Å²) in [7, 11) is 1.98. The molecular weight excluding hydrogens is 290 g/mol. The topological polar surface area (TPSA) is 47.4 Å². The van der Waals surface area contributed by atoms with Gasteiger partial charge in [-0.25, -0.2) is 0 Å². The van der Waals surface area contributed by atoms with Crippen molar-refractivity contribution >= 4 is 5.91 Å². The molecule has 3 rings (SSSR count). The SMILES string of the molecule is CCc1nn(C)c(CC)c1CC(=O)N1CCOC(C2CCC2)C1. The number of rotatable bonds is 5. The molecule has 5 heteroatoms. The number of hydrogen-bond acceptors (Lipinski definition) is 3. The van der Waals surface area contributed by atoms with E-state index < -0.39 is 0 Å². The van der Waals surface area contributed by atoms with Crippen LogP contribution in [-0.2, 0) is 35.8 Å². The Bertz CT molecular complexity index is 563. The van der Waals surface area contributed by atoms with E-state index in [1.165, 1.54) is 25.0 Å². The highest BCUT2D eigenvalue weighted by atomic mass is 16.5. The number of morpholine rings is 1. The predicted octanol–water partition coefficient (Wildman–Crippen LogP) is 2.11. The molecule has 0 bridgehead atoms. The first-order valence-corrected chi connectivity index (χ1v) is 9.07. The van der Waals surface area contributed by atoms with Gasteiger partial charge in [0.2, 0.25) is 5.91 Å². The summed E-state index contributed by atoms with van der Waals surface area (Å²) in [4.78, 5) is 14.8. The second-order valence-corrected chi connectivity index (χ2v) is 6.82. The van der Waals surface area contributed by atoms with E-state index in [0.717, 1.165) is 37.2 Å². The summed E-state index contributed by atoms with van der Waals surface area (Å²) in [5.74, 6) is 0.899. The standard InChI is InChI=1S/C18H29N3O2/c1-4-15-14(16(5-2)20(3)19-15)11-18(22)21-9-10-23-17(12-21)13-7-6-8-13/h13,17H,4-12H2,1-3H3. The molecule has 1 aromatic rings. The normalized spacial score (nSPS) is 22.2. The first-order chi connectivity index (χ1) is 11.1. The second kappa shape index (κ2) is 7.04. The average Bonchev–Trinajstić information content (AvgIpc) is 2.80. The van der Waals surface area contributed by atoms with E-state index in [1.54, 1.807) is 0 Å². The zero-order valence-electron chi connectivity index (χ0n) is 14.7. The number of ether oxygens (including phenoxy) is 1. The van der Waals surface area contributed by atoms with Crippen LogP contribution in [0, 0.1) is 5.92 Å². The molecule has 1 aliphatic heterocycles. The van der Waals surface area contributed by atoms with Crippen LogP contribution in [0.1, 0.15) is 50.1 Å². The highest BCUT2D eigenvalue weighted by Gasteiger charge is 2.33. The van der Waals surface area contributed by atoms with Crippen LogP contribution in [0.15, 0.2) is 0 Å². The molecule has 1 unspecified atom stereocenters. The van der Waals surface area contributed by atoms with Crippen molar-refractivity contribution in [3.05, 3.63) is 17.0 Å². The lowest BCUT2D eigenvalue weighted by atomic mass is 9.80. The molecule has 1 amide bonds. The summed E-state index contributed by atoms with van der Waals surface area (Å²) in [6, 6.07) is 0.